The molecule has 0 heterocycles. The third-order valence-electron chi connectivity index (χ3n) is 1.03. The zero-order valence-corrected chi connectivity index (χ0v) is 5.92. The summed E-state index contributed by atoms with van der Waals surface area (Å²) in [7, 11) is 0. The van der Waals surface area contributed by atoms with E-state index >= 15 is 0 Å². The summed E-state index contributed by atoms with van der Waals surface area (Å²) in [5, 5.41) is 8.23. The van der Waals surface area contributed by atoms with Crippen molar-refractivity contribution in [2.45, 2.75) is 19.3 Å². The third kappa shape index (κ3) is 6.95. The first-order chi connectivity index (χ1) is 4.77. The summed E-state index contributed by atoms with van der Waals surface area (Å²) in [5.41, 5.74) is 0. The van der Waals surface area contributed by atoms with E-state index in [1.807, 2.05) is 12.2 Å². The minimum absolute atomic E-state index is 0.251. The quantitative estimate of drug-likeness (QED) is 0.468. The lowest BCUT2D eigenvalue weighted by Crippen LogP contribution is -1.92. The fourth-order valence-electron chi connectivity index (χ4n) is 0.564. The molecule has 0 rings (SSSR count). The second-order valence-corrected chi connectivity index (χ2v) is 1.95. The van der Waals surface area contributed by atoms with Crippen LogP contribution in [0, 0.1) is 0 Å². The van der Waals surface area contributed by atoms with Crippen LogP contribution in [0.25, 0.3) is 0 Å². The van der Waals surface area contributed by atoms with Gasteiger partial charge in [0.25, 0.3) is 0 Å². The molecule has 10 heavy (non-hydrogen) atoms. The molecular formula is C8H12O2. The van der Waals surface area contributed by atoms with Crippen LogP contribution in [-0.2, 0) is 4.79 Å². The molecule has 0 spiro atoms. The van der Waals surface area contributed by atoms with Gasteiger partial charge in [0.15, 0.2) is 0 Å². The Kier molecular flexibility index (Phi) is 5.44. The summed E-state index contributed by atoms with van der Waals surface area (Å²) in [6, 6.07) is 0. The number of carboxylic acids is 1. The largest absolute Gasteiger partial charge is 0.481 e. The topological polar surface area (TPSA) is 37.3 Å². The zero-order chi connectivity index (χ0) is 7.82. The fraction of sp³-hybridized carbons (Fsp3) is 0.375. The summed E-state index contributed by atoms with van der Waals surface area (Å²) in [6.07, 6.45) is 7.19. The van der Waals surface area contributed by atoms with Crippen molar-refractivity contribution in [2.75, 3.05) is 0 Å². The lowest BCUT2D eigenvalue weighted by molar-refractivity contribution is -0.137. The van der Waals surface area contributed by atoms with Crippen molar-refractivity contribution in [3.8, 4) is 0 Å². The molecule has 0 atom stereocenters. The molecule has 0 amide bonds. The monoisotopic (exact) mass is 140 g/mol. The van der Waals surface area contributed by atoms with Gasteiger partial charge in [0.2, 0.25) is 0 Å². The molecule has 0 aliphatic carbocycles. The second-order valence-electron chi connectivity index (χ2n) is 1.95. The van der Waals surface area contributed by atoms with Crippen molar-refractivity contribution < 1.29 is 9.90 Å². The molecule has 0 fully saturated rings. The Labute approximate surface area is 60.9 Å². The molecule has 0 radical (unpaired) electrons. The van der Waals surface area contributed by atoms with E-state index in [1.54, 1.807) is 6.08 Å². The first kappa shape index (κ1) is 8.95. The lowest BCUT2D eigenvalue weighted by atomic mass is 10.2. The molecule has 56 valence electrons. The van der Waals surface area contributed by atoms with E-state index in [9.17, 15) is 4.79 Å². The van der Waals surface area contributed by atoms with Crippen LogP contribution in [0.2, 0.25) is 0 Å². The van der Waals surface area contributed by atoms with Gasteiger partial charge in [-0.05, 0) is 12.8 Å². The maximum absolute atomic E-state index is 9.99. The van der Waals surface area contributed by atoms with E-state index in [1.165, 1.54) is 0 Å². The summed E-state index contributed by atoms with van der Waals surface area (Å²) >= 11 is 0. The number of carbonyl (C=O) groups is 1. The summed E-state index contributed by atoms with van der Waals surface area (Å²) in [6.45, 7) is 3.49. The van der Waals surface area contributed by atoms with E-state index in [2.05, 4.69) is 6.58 Å². The Morgan fingerprint density at radius 3 is 2.80 bits per heavy atom. The highest BCUT2D eigenvalue weighted by Crippen LogP contribution is 1.95. The van der Waals surface area contributed by atoms with Crippen LogP contribution in [0.15, 0.2) is 24.8 Å². The van der Waals surface area contributed by atoms with Gasteiger partial charge in [-0.3, -0.25) is 4.79 Å². The van der Waals surface area contributed by atoms with Crippen LogP contribution in [0.3, 0.4) is 0 Å². The normalized spacial score (nSPS) is 10.0. The first-order valence-corrected chi connectivity index (χ1v) is 3.26. The Balaban J connectivity index is 3.12. The highest BCUT2D eigenvalue weighted by molar-refractivity contribution is 5.66. The molecule has 0 bridgehead atoms. The van der Waals surface area contributed by atoms with Gasteiger partial charge in [0.1, 0.15) is 0 Å². The first-order valence-electron chi connectivity index (χ1n) is 3.26. The Bertz CT molecular complexity index is 136. The number of unbranched alkanes of at least 4 members (excludes halogenated alkanes) is 1. The molecule has 0 aliphatic heterocycles. The third-order valence-corrected chi connectivity index (χ3v) is 1.03. The number of hydrogen-bond acceptors (Lipinski definition) is 1. The lowest BCUT2D eigenvalue weighted by Gasteiger charge is -1.88. The Hall–Kier alpha value is -1.05. The van der Waals surface area contributed by atoms with Gasteiger partial charge in [0.05, 0.1) is 0 Å². The van der Waals surface area contributed by atoms with Gasteiger partial charge < -0.3 is 5.11 Å². The van der Waals surface area contributed by atoms with Crippen molar-refractivity contribution >= 4 is 5.97 Å². The van der Waals surface area contributed by atoms with E-state index in [-0.39, 0.29) is 6.42 Å². The van der Waals surface area contributed by atoms with Crippen molar-refractivity contribution in [1.29, 1.82) is 0 Å². The molecule has 0 aromatic carbocycles. The molecular weight excluding hydrogens is 128 g/mol. The van der Waals surface area contributed by atoms with Crippen LogP contribution in [0.1, 0.15) is 19.3 Å². The SMILES string of the molecule is C=C/C=C/CCCC(=O)O. The maximum Gasteiger partial charge on any atom is 0.303 e. The van der Waals surface area contributed by atoms with Gasteiger partial charge >= 0.3 is 5.97 Å². The van der Waals surface area contributed by atoms with E-state index < -0.39 is 5.97 Å². The van der Waals surface area contributed by atoms with Crippen LogP contribution < -0.4 is 0 Å². The fourth-order valence-corrected chi connectivity index (χ4v) is 0.564. The predicted molar refractivity (Wildman–Crippen MR) is 40.8 cm³/mol. The van der Waals surface area contributed by atoms with Gasteiger partial charge in [-0.1, -0.05) is 24.8 Å². The molecule has 0 aromatic rings. The van der Waals surface area contributed by atoms with E-state index in [4.69, 9.17) is 5.11 Å². The molecule has 0 unspecified atom stereocenters. The molecule has 1 N–H and O–H groups in total. The number of rotatable bonds is 5. The molecule has 0 aromatic heterocycles. The van der Waals surface area contributed by atoms with Crippen molar-refractivity contribution in [2.24, 2.45) is 0 Å². The van der Waals surface area contributed by atoms with Gasteiger partial charge in [-0.25, -0.2) is 0 Å². The molecule has 0 aliphatic rings. The van der Waals surface area contributed by atoms with Crippen molar-refractivity contribution in [3.63, 3.8) is 0 Å². The van der Waals surface area contributed by atoms with Crippen LogP contribution in [0.5, 0.6) is 0 Å². The predicted octanol–water partition coefficient (Wildman–Crippen LogP) is 1.98. The van der Waals surface area contributed by atoms with Gasteiger partial charge in [-0.2, -0.15) is 0 Å². The van der Waals surface area contributed by atoms with Crippen molar-refractivity contribution in [1.82, 2.24) is 0 Å². The Morgan fingerprint density at radius 2 is 2.30 bits per heavy atom. The molecule has 0 saturated heterocycles. The molecule has 2 heteroatoms. The van der Waals surface area contributed by atoms with Crippen LogP contribution >= 0.6 is 0 Å². The summed E-state index contributed by atoms with van der Waals surface area (Å²) in [4.78, 5) is 9.99. The van der Waals surface area contributed by atoms with E-state index in [0.29, 0.717) is 6.42 Å². The average Bonchev–Trinajstić information content (AvgIpc) is 1.87. The number of carboxylic acid groups (broad SMARTS) is 1. The minimum Gasteiger partial charge on any atom is -0.481 e. The highest BCUT2D eigenvalue weighted by Gasteiger charge is 1.92. The summed E-state index contributed by atoms with van der Waals surface area (Å²) in [5.74, 6) is -0.730. The molecule has 0 saturated carbocycles. The number of hydrogen-bond donors (Lipinski definition) is 1. The smallest absolute Gasteiger partial charge is 0.303 e. The minimum atomic E-state index is -0.730. The van der Waals surface area contributed by atoms with Crippen LogP contribution in [0.4, 0.5) is 0 Å². The van der Waals surface area contributed by atoms with Crippen LogP contribution in [-0.4, -0.2) is 11.1 Å². The average molecular weight is 140 g/mol. The highest BCUT2D eigenvalue weighted by atomic mass is 16.4. The number of aliphatic carboxylic acids is 1. The maximum atomic E-state index is 9.99. The number of allylic oxidation sites excluding steroid dienone is 3. The second kappa shape index (κ2) is 6.08. The van der Waals surface area contributed by atoms with E-state index in [0.717, 1.165) is 6.42 Å². The standard InChI is InChI=1S/C8H12O2/c1-2-3-4-5-6-7-8(9)10/h2-4H,1,5-7H2,(H,9,10)/b4-3+. The zero-order valence-electron chi connectivity index (χ0n) is 5.92. The summed E-state index contributed by atoms with van der Waals surface area (Å²) < 4.78 is 0. The van der Waals surface area contributed by atoms with Gasteiger partial charge in [0, 0.05) is 6.42 Å². The van der Waals surface area contributed by atoms with Crippen molar-refractivity contribution in [3.05, 3.63) is 24.8 Å². The Morgan fingerprint density at radius 1 is 1.60 bits per heavy atom. The van der Waals surface area contributed by atoms with Gasteiger partial charge in [-0.15, -0.1) is 0 Å². The molecule has 2 nitrogen and oxygen atoms in total.